The van der Waals surface area contributed by atoms with E-state index >= 15 is 4.39 Å². The zero-order valence-electron chi connectivity index (χ0n) is 34.8. The molecule has 0 saturated heterocycles. The van der Waals surface area contributed by atoms with Crippen LogP contribution in [0.25, 0.3) is 0 Å². The van der Waals surface area contributed by atoms with E-state index in [-0.39, 0.29) is 42.7 Å². The number of hydrogen-bond donors (Lipinski definition) is 0. The molecule has 0 bridgehead atoms. The van der Waals surface area contributed by atoms with Gasteiger partial charge in [0.1, 0.15) is 11.4 Å². The summed E-state index contributed by atoms with van der Waals surface area (Å²) in [4.78, 5) is 46.2. The van der Waals surface area contributed by atoms with Gasteiger partial charge in [0, 0.05) is 50.5 Å². The quantitative estimate of drug-likeness (QED) is 0.149. The van der Waals surface area contributed by atoms with E-state index < -0.39 is 23.6 Å². The molecule has 13 heteroatoms. The van der Waals surface area contributed by atoms with Crippen LogP contribution >= 0.6 is 11.6 Å². The van der Waals surface area contributed by atoms with Crippen molar-refractivity contribution < 1.29 is 37.7 Å². The van der Waals surface area contributed by atoms with Crippen LogP contribution in [0.15, 0.2) is 54.6 Å². The number of nitrogens with zero attached hydrogens (tertiary/aromatic N) is 4. The highest BCUT2D eigenvalue weighted by atomic mass is 35.5. The number of likely N-dealkylation sites (N-methyl/N-ethyl adjacent to an activating group) is 1. The van der Waals surface area contributed by atoms with Crippen LogP contribution in [0.3, 0.4) is 0 Å². The fourth-order valence-electron chi connectivity index (χ4n) is 7.75. The number of esters is 1. The van der Waals surface area contributed by atoms with Crippen LogP contribution in [0, 0.1) is 11.7 Å². The molecule has 1 aliphatic carbocycles. The lowest BCUT2D eigenvalue weighted by molar-refractivity contribution is -0.142. The highest BCUT2D eigenvalue weighted by Gasteiger charge is 2.38. The second kappa shape index (κ2) is 18.8. The van der Waals surface area contributed by atoms with E-state index in [1.54, 1.807) is 37.3 Å². The molecule has 0 N–H and O–H groups in total. The van der Waals surface area contributed by atoms with Gasteiger partial charge < -0.3 is 28.7 Å². The first-order valence-electron chi connectivity index (χ1n) is 19.7. The smallest absolute Gasteiger partial charge is 0.410 e. The molecule has 1 aliphatic heterocycles. The number of rotatable bonds is 14. The third kappa shape index (κ3) is 11.1. The summed E-state index contributed by atoms with van der Waals surface area (Å²) in [5.74, 6) is 0.381. The number of halogens is 2. The van der Waals surface area contributed by atoms with Crippen molar-refractivity contribution in [2.75, 3.05) is 64.3 Å². The van der Waals surface area contributed by atoms with Gasteiger partial charge in [0.2, 0.25) is 5.91 Å². The molecule has 0 aromatic heterocycles. The van der Waals surface area contributed by atoms with Crippen LogP contribution in [-0.2, 0) is 25.5 Å². The van der Waals surface area contributed by atoms with E-state index in [9.17, 15) is 14.4 Å². The number of hydrogen-bond acceptors (Lipinski definition) is 9. The van der Waals surface area contributed by atoms with Crippen LogP contribution in [0.2, 0.25) is 5.02 Å². The molecule has 1 heterocycles. The molecule has 2 aliphatic rings. The third-order valence-electron chi connectivity index (χ3n) is 10.6. The first-order valence-corrected chi connectivity index (χ1v) is 20.1. The molecular weight excluding hydrogens is 751 g/mol. The molecular formula is C44H58ClFN4O7. The molecule has 11 nitrogen and oxygen atoms in total. The zero-order chi connectivity index (χ0) is 41.6. The molecule has 0 radical (unpaired) electrons. The lowest BCUT2D eigenvalue weighted by Gasteiger charge is -2.39. The summed E-state index contributed by atoms with van der Waals surface area (Å²) < 4.78 is 38.6. The van der Waals surface area contributed by atoms with Crippen LogP contribution in [0.1, 0.15) is 83.0 Å². The molecule has 0 unspecified atom stereocenters. The van der Waals surface area contributed by atoms with E-state index in [0.717, 1.165) is 42.4 Å². The number of benzene rings is 3. The zero-order valence-corrected chi connectivity index (χ0v) is 35.5. The lowest BCUT2D eigenvalue weighted by atomic mass is 9.85. The fraction of sp³-hybridized carbons (Fsp3) is 0.523. The molecule has 1 atom stereocenters. The monoisotopic (exact) mass is 808 g/mol. The van der Waals surface area contributed by atoms with Gasteiger partial charge in [-0.2, -0.15) is 0 Å². The Morgan fingerprint density at radius 1 is 0.947 bits per heavy atom. The van der Waals surface area contributed by atoms with Crippen LogP contribution in [-0.4, -0.2) is 100 Å². The summed E-state index contributed by atoms with van der Waals surface area (Å²) in [5, 5.41) is 0.555. The maximum absolute atomic E-state index is 16.4. The van der Waals surface area contributed by atoms with Crippen LogP contribution in [0.4, 0.5) is 20.6 Å². The average molecular weight is 809 g/mol. The second-order valence-electron chi connectivity index (χ2n) is 16.4. The predicted molar refractivity (Wildman–Crippen MR) is 221 cm³/mol. The van der Waals surface area contributed by atoms with E-state index in [0.29, 0.717) is 47.8 Å². The molecule has 1 fully saturated rings. The summed E-state index contributed by atoms with van der Waals surface area (Å²) in [6, 6.07) is 15.6. The maximum Gasteiger partial charge on any atom is 0.410 e. The Morgan fingerprint density at radius 3 is 2.23 bits per heavy atom. The Hall–Kier alpha value is -4.55. The van der Waals surface area contributed by atoms with Crippen molar-refractivity contribution in [3.8, 4) is 11.5 Å². The van der Waals surface area contributed by atoms with E-state index in [1.807, 2.05) is 72.0 Å². The van der Waals surface area contributed by atoms with Gasteiger partial charge in [-0.1, -0.05) is 23.7 Å². The van der Waals surface area contributed by atoms with E-state index in [1.165, 1.54) is 18.1 Å². The second-order valence-corrected chi connectivity index (χ2v) is 16.8. The molecule has 310 valence electrons. The number of methoxy groups -OCH3 is 2. The van der Waals surface area contributed by atoms with Gasteiger partial charge >= 0.3 is 12.1 Å². The Morgan fingerprint density at radius 2 is 1.63 bits per heavy atom. The molecule has 5 rings (SSSR count). The summed E-state index contributed by atoms with van der Waals surface area (Å²) in [6.07, 6.45) is 3.14. The number of ether oxygens (including phenoxy) is 4. The molecule has 57 heavy (non-hydrogen) atoms. The normalized spacial score (nSPS) is 18.3. The lowest BCUT2D eigenvalue weighted by Crippen LogP contribution is -2.46. The van der Waals surface area contributed by atoms with Crippen molar-refractivity contribution in [3.63, 3.8) is 0 Å². The van der Waals surface area contributed by atoms with E-state index in [2.05, 4.69) is 9.80 Å². The number of fused-ring (bicyclic) bond motifs is 1. The highest BCUT2D eigenvalue weighted by molar-refractivity contribution is 6.30. The van der Waals surface area contributed by atoms with Gasteiger partial charge in [-0.3, -0.25) is 19.4 Å². The standard InChI is InChI=1S/C44H58ClFN4O7/c1-28(2)56-39-25-35-31(22-38(39)54-8)23-40(51)50(42(35)30-12-14-32(45)15-13-30)37-19-18-34(24-36(37)46)48(7)26-29-10-16-33(17-11-29)49(27-41(52)55-9)21-20-47(6)43(53)57-44(3,4)5/h12-15,18-19,22,24-25,28-29,33,42H,10-11,16-17,20-21,23,26-27H2,1-9H3/t29-,33-,42-/m0/s1. The van der Waals surface area contributed by atoms with Crippen molar-refractivity contribution in [3.05, 3.63) is 82.1 Å². The van der Waals surface area contributed by atoms with E-state index in [4.69, 9.17) is 30.5 Å². The minimum atomic E-state index is -0.636. The van der Waals surface area contributed by atoms with Gasteiger partial charge in [0.15, 0.2) is 11.5 Å². The fourth-order valence-corrected chi connectivity index (χ4v) is 7.88. The number of carbonyl (C=O) groups is 3. The van der Waals surface area contributed by atoms with Crippen molar-refractivity contribution in [1.29, 1.82) is 0 Å². The highest BCUT2D eigenvalue weighted by Crippen LogP contribution is 2.45. The molecule has 3 aromatic rings. The first-order chi connectivity index (χ1) is 27.0. The van der Waals surface area contributed by atoms with Crippen molar-refractivity contribution in [2.24, 2.45) is 5.92 Å². The van der Waals surface area contributed by atoms with Gasteiger partial charge in [0.25, 0.3) is 0 Å². The molecule has 3 aromatic carbocycles. The van der Waals surface area contributed by atoms with Gasteiger partial charge in [-0.15, -0.1) is 0 Å². The topological polar surface area (TPSA) is 101 Å². The average Bonchev–Trinajstić information content (AvgIpc) is 3.15. The Bertz CT molecular complexity index is 1880. The minimum absolute atomic E-state index is 0.0685. The summed E-state index contributed by atoms with van der Waals surface area (Å²) in [6.45, 7) is 11.1. The van der Waals surface area contributed by atoms with Crippen LogP contribution in [0.5, 0.6) is 11.5 Å². The largest absolute Gasteiger partial charge is 0.493 e. The van der Waals surface area contributed by atoms with Crippen molar-refractivity contribution >= 4 is 40.9 Å². The maximum atomic E-state index is 16.4. The van der Waals surface area contributed by atoms with Gasteiger partial charge in [0.05, 0.1) is 45.0 Å². The minimum Gasteiger partial charge on any atom is -0.493 e. The summed E-state index contributed by atoms with van der Waals surface area (Å²) >= 11 is 6.27. The van der Waals surface area contributed by atoms with Crippen molar-refractivity contribution in [1.82, 2.24) is 9.80 Å². The molecule has 1 saturated carbocycles. The Kier molecular flexibility index (Phi) is 14.4. The van der Waals surface area contributed by atoms with Gasteiger partial charge in [-0.25, -0.2) is 9.18 Å². The first kappa shape index (κ1) is 43.6. The summed E-state index contributed by atoms with van der Waals surface area (Å²) in [7, 11) is 6.61. The number of carbonyl (C=O) groups excluding carboxylic acids is 3. The van der Waals surface area contributed by atoms with Gasteiger partial charge in [-0.05, 0) is 125 Å². The van der Waals surface area contributed by atoms with Crippen LogP contribution < -0.4 is 19.3 Å². The third-order valence-corrected chi connectivity index (χ3v) is 10.9. The molecule has 0 spiro atoms. The Balaban J connectivity index is 1.30. The SMILES string of the molecule is COC(=O)CN(CCN(C)C(=O)OC(C)(C)C)[C@H]1CC[C@H](CN(C)c2ccc(N3C(=O)Cc4cc(OC)c(OC(C)C)cc4[C@@H]3c3ccc(Cl)cc3)c(F)c2)CC1. The number of anilines is 2. The summed E-state index contributed by atoms with van der Waals surface area (Å²) in [5.41, 5.74) is 2.70. The molecule has 2 amide bonds. The van der Waals surface area contributed by atoms with Crippen molar-refractivity contribution in [2.45, 2.75) is 90.5 Å². The predicted octanol–water partition coefficient (Wildman–Crippen LogP) is 8.29. The Labute approximate surface area is 341 Å². The number of amides is 2.